The van der Waals surface area contributed by atoms with Crippen molar-refractivity contribution in [2.75, 3.05) is 0 Å². The largest absolute Gasteiger partial charge is 0.409 e. The zero-order valence-electron chi connectivity index (χ0n) is 10.7. The molecule has 0 aliphatic rings. The van der Waals surface area contributed by atoms with Crippen LogP contribution in [0.25, 0.3) is 0 Å². The first kappa shape index (κ1) is 13.5. The predicted molar refractivity (Wildman–Crippen MR) is 74.4 cm³/mol. The standard InChI is InChI=1S/C14H14N4O2/c15-13(18-20)10-4-3-5-11(8-10)14(19)17-9-12-6-1-2-7-16-12/h1-8,20H,9H2,(H2,15,18)(H,17,19). The van der Waals surface area contributed by atoms with Crippen molar-refractivity contribution in [2.45, 2.75) is 6.54 Å². The number of nitrogens with one attached hydrogen (secondary N) is 1. The number of carbonyl (C=O) groups is 1. The summed E-state index contributed by atoms with van der Waals surface area (Å²) in [5.41, 5.74) is 7.18. The fourth-order valence-corrected chi connectivity index (χ4v) is 1.65. The second-order valence-corrected chi connectivity index (χ2v) is 4.07. The molecule has 0 atom stereocenters. The molecule has 0 spiro atoms. The Bertz CT molecular complexity index is 626. The third-order valence-corrected chi connectivity index (χ3v) is 2.68. The number of aromatic nitrogens is 1. The molecule has 0 aliphatic heterocycles. The lowest BCUT2D eigenvalue weighted by Crippen LogP contribution is -2.24. The number of carbonyl (C=O) groups excluding carboxylic acids is 1. The number of rotatable bonds is 4. The highest BCUT2D eigenvalue weighted by Crippen LogP contribution is 2.05. The average molecular weight is 270 g/mol. The van der Waals surface area contributed by atoms with Gasteiger partial charge in [0.2, 0.25) is 0 Å². The molecule has 1 amide bonds. The number of amides is 1. The highest BCUT2D eigenvalue weighted by molar-refractivity contribution is 6.01. The van der Waals surface area contributed by atoms with Gasteiger partial charge in [-0.05, 0) is 24.3 Å². The SMILES string of the molecule is N/C(=N\O)c1cccc(C(=O)NCc2ccccn2)c1. The van der Waals surface area contributed by atoms with Crippen LogP contribution in [0.1, 0.15) is 21.6 Å². The Labute approximate surface area is 115 Å². The van der Waals surface area contributed by atoms with Crippen LogP contribution < -0.4 is 11.1 Å². The zero-order chi connectivity index (χ0) is 14.4. The Morgan fingerprint density at radius 3 is 2.75 bits per heavy atom. The van der Waals surface area contributed by atoms with Gasteiger partial charge in [-0.25, -0.2) is 0 Å². The number of hydrogen-bond donors (Lipinski definition) is 3. The van der Waals surface area contributed by atoms with E-state index in [-0.39, 0.29) is 11.7 Å². The predicted octanol–water partition coefficient (Wildman–Crippen LogP) is 1.11. The maximum absolute atomic E-state index is 12.0. The van der Waals surface area contributed by atoms with E-state index in [0.29, 0.717) is 17.7 Å². The summed E-state index contributed by atoms with van der Waals surface area (Å²) < 4.78 is 0. The first-order valence-corrected chi connectivity index (χ1v) is 5.97. The molecule has 2 rings (SSSR count). The summed E-state index contributed by atoms with van der Waals surface area (Å²) in [6.07, 6.45) is 1.67. The summed E-state index contributed by atoms with van der Waals surface area (Å²) >= 11 is 0. The lowest BCUT2D eigenvalue weighted by atomic mass is 10.1. The summed E-state index contributed by atoms with van der Waals surface area (Å²) in [7, 11) is 0. The molecule has 4 N–H and O–H groups in total. The fraction of sp³-hybridized carbons (Fsp3) is 0.0714. The molecule has 6 nitrogen and oxygen atoms in total. The minimum Gasteiger partial charge on any atom is -0.409 e. The second-order valence-electron chi connectivity index (χ2n) is 4.07. The number of pyridine rings is 1. The maximum Gasteiger partial charge on any atom is 0.251 e. The normalized spacial score (nSPS) is 11.1. The molecule has 6 heteroatoms. The van der Waals surface area contributed by atoms with Gasteiger partial charge >= 0.3 is 0 Å². The molecule has 0 bridgehead atoms. The highest BCUT2D eigenvalue weighted by Gasteiger charge is 2.08. The van der Waals surface area contributed by atoms with E-state index in [2.05, 4.69) is 15.5 Å². The van der Waals surface area contributed by atoms with Gasteiger partial charge in [-0.15, -0.1) is 0 Å². The molecule has 20 heavy (non-hydrogen) atoms. The molecule has 1 heterocycles. The first-order valence-electron chi connectivity index (χ1n) is 5.97. The van der Waals surface area contributed by atoms with Crippen molar-refractivity contribution in [3.63, 3.8) is 0 Å². The van der Waals surface area contributed by atoms with Gasteiger partial charge in [0.05, 0.1) is 12.2 Å². The van der Waals surface area contributed by atoms with Gasteiger partial charge < -0.3 is 16.3 Å². The quantitative estimate of drug-likeness (QED) is 0.335. The molecule has 1 aromatic carbocycles. The number of amidine groups is 1. The molecule has 1 aromatic heterocycles. The van der Waals surface area contributed by atoms with E-state index >= 15 is 0 Å². The van der Waals surface area contributed by atoms with E-state index in [9.17, 15) is 4.79 Å². The van der Waals surface area contributed by atoms with Crippen molar-refractivity contribution < 1.29 is 10.0 Å². The Morgan fingerprint density at radius 2 is 2.05 bits per heavy atom. The smallest absolute Gasteiger partial charge is 0.251 e. The van der Waals surface area contributed by atoms with Gasteiger partial charge in [0, 0.05) is 17.3 Å². The van der Waals surface area contributed by atoms with Crippen molar-refractivity contribution in [3.8, 4) is 0 Å². The number of benzene rings is 1. The van der Waals surface area contributed by atoms with Crippen LogP contribution in [0.3, 0.4) is 0 Å². The van der Waals surface area contributed by atoms with Crippen LogP contribution in [0.5, 0.6) is 0 Å². The Kier molecular flexibility index (Phi) is 4.28. The van der Waals surface area contributed by atoms with E-state index in [0.717, 1.165) is 5.69 Å². The first-order chi connectivity index (χ1) is 9.70. The van der Waals surface area contributed by atoms with Crippen LogP contribution in [0.15, 0.2) is 53.8 Å². The molecule has 0 saturated heterocycles. The second kappa shape index (κ2) is 6.33. The van der Waals surface area contributed by atoms with Crippen LogP contribution in [0.4, 0.5) is 0 Å². The van der Waals surface area contributed by atoms with Crippen LogP contribution in [0.2, 0.25) is 0 Å². The van der Waals surface area contributed by atoms with E-state index < -0.39 is 0 Å². The monoisotopic (exact) mass is 270 g/mol. The zero-order valence-corrected chi connectivity index (χ0v) is 10.7. The van der Waals surface area contributed by atoms with Crippen LogP contribution in [-0.2, 0) is 6.54 Å². The minimum absolute atomic E-state index is 0.0376. The van der Waals surface area contributed by atoms with Crippen molar-refractivity contribution in [1.82, 2.24) is 10.3 Å². The number of nitrogens with zero attached hydrogens (tertiary/aromatic N) is 2. The van der Waals surface area contributed by atoms with Crippen LogP contribution in [0, 0.1) is 0 Å². The lowest BCUT2D eigenvalue weighted by molar-refractivity contribution is 0.0950. The molecule has 0 unspecified atom stereocenters. The minimum atomic E-state index is -0.247. The Balaban J connectivity index is 2.06. The summed E-state index contributed by atoms with van der Waals surface area (Å²) in [6, 6.07) is 12.0. The van der Waals surface area contributed by atoms with E-state index in [4.69, 9.17) is 10.9 Å². The molecular weight excluding hydrogens is 256 g/mol. The van der Waals surface area contributed by atoms with Gasteiger partial charge in [0.1, 0.15) is 0 Å². The summed E-state index contributed by atoms with van der Waals surface area (Å²) in [5, 5.41) is 14.3. The average Bonchev–Trinajstić information content (AvgIpc) is 2.53. The van der Waals surface area contributed by atoms with E-state index in [1.54, 1.807) is 30.5 Å². The van der Waals surface area contributed by atoms with Crippen LogP contribution >= 0.6 is 0 Å². The van der Waals surface area contributed by atoms with Crippen LogP contribution in [-0.4, -0.2) is 21.9 Å². The third-order valence-electron chi connectivity index (χ3n) is 2.68. The molecule has 102 valence electrons. The van der Waals surface area contributed by atoms with Gasteiger partial charge in [-0.3, -0.25) is 9.78 Å². The number of hydrogen-bond acceptors (Lipinski definition) is 4. The number of oxime groups is 1. The fourth-order valence-electron chi connectivity index (χ4n) is 1.65. The molecule has 0 aliphatic carbocycles. The molecule has 2 aromatic rings. The van der Waals surface area contributed by atoms with E-state index in [1.165, 1.54) is 0 Å². The van der Waals surface area contributed by atoms with Crippen molar-refractivity contribution in [2.24, 2.45) is 10.9 Å². The summed E-state index contributed by atoms with van der Waals surface area (Å²) in [4.78, 5) is 16.1. The molecule has 0 radical (unpaired) electrons. The maximum atomic E-state index is 12.0. The molecular formula is C14H14N4O2. The third kappa shape index (κ3) is 3.32. The van der Waals surface area contributed by atoms with Crippen molar-refractivity contribution >= 4 is 11.7 Å². The molecule has 0 saturated carbocycles. The van der Waals surface area contributed by atoms with Gasteiger partial charge in [0.25, 0.3) is 5.91 Å². The van der Waals surface area contributed by atoms with Gasteiger partial charge in [-0.1, -0.05) is 23.4 Å². The van der Waals surface area contributed by atoms with Gasteiger partial charge in [-0.2, -0.15) is 0 Å². The van der Waals surface area contributed by atoms with Gasteiger partial charge in [0.15, 0.2) is 5.84 Å². The lowest BCUT2D eigenvalue weighted by Gasteiger charge is -2.06. The van der Waals surface area contributed by atoms with Crippen molar-refractivity contribution in [1.29, 1.82) is 0 Å². The molecule has 0 fully saturated rings. The highest BCUT2D eigenvalue weighted by atomic mass is 16.4. The number of nitrogens with two attached hydrogens (primary N) is 1. The topological polar surface area (TPSA) is 101 Å². The van der Waals surface area contributed by atoms with Crippen molar-refractivity contribution in [3.05, 3.63) is 65.5 Å². The summed E-state index contributed by atoms with van der Waals surface area (Å²) in [5.74, 6) is -0.285. The Morgan fingerprint density at radius 1 is 1.25 bits per heavy atom. The summed E-state index contributed by atoms with van der Waals surface area (Å²) in [6.45, 7) is 0.341. The van der Waals surface area contributed by atoms with E-state index in [1.807, 2.05) is 18.2 Å². The Hall–Kier alpha value is -2.89.